The Hall–Kier alpha value is 0.01000. The largest absolute Gasteiger partial charge is 0.315 e. The minimum absolute atomic E-state index is 0. The lowest BCUT2D eigenvalue weighted by Crippen LogP contribution is -2.27. The fourth-order valence-corrected chi connectivity index (χ4v) is 2.12. The minimum atomic E-state index is 0. The first kappa shape index (κ1) is 17.0. The van der Waals surface area contributed by atoms with Gasteiger partial charge in [0.1, 0.15) is 0 Å². The molecule has 1 aromatic carbocycles. The molecule has 0 saturated carbocycles. The molecule has 0 atom stereocenters. The van der Waals surface area contributed by atoms with E-state index in [0.717, 1.165) is 37.7 Å². The summed E-state index contributed by atoms with van der Waals surface area (Å²) >= 11 is 6.14. The van der Waals surface area contributed by atoms with Crippen molar-refractivity contribution in [1.82, 2.24) is 10.2 Å². The normalized spacial score (nSPS) is 16.5. The van der Waals surface area contributed by atoms with E-state index in [0.29, 0.717) is 0 Å². The van der Waals surface area contributed by atoms with Crippen LogP contribution in [0.15, 0.2) is 24.3 Å². The first-order chi connectivity index (χ1) is 7.36. The quantitative estimate of drug-likeness (QED) is 0.903. The van der Waals surface area contributed by atoms with Gasteiger partial charge in [0.15, 0.2) is 0 Å². The Morgan fingerprint density at radius 1 is 1.12 bits per heavy atom. The van der Waals surface area contributed by atoms with Crippen molar-refractivity contribution >= 4 is 36.4 Å². The highest BCUT2D eigenvalue weighted by Gasteiger charge is 2.10. The molecule has 1 saturated heterocycles. The van der Waals surface area contributed by atoms with Gasteiger partial charge < -0.3 is 5.32 Å². The maximum atomic E-state index is 6.14. The molecule has 0 unspecified atom stereocenters. The van der Waals surface area contributed by atoms with Crippen LogP contribution in [0.25, 0.3) is 0 Å². The molecule has 98 valence electrons. The van der Waals surface area contributed by atoms with E-state index >= 15 is 0 Å². The van der Waals surface area contributed by atoms with Crippen molar-refractivity contribution in [2.24, 2.45) is 0 Å². The zero-order valence-electron chi connectivity index (χ0n) is 9.69. The summed E-state index contributed by atoms with van der Waals surface area (Å²) in [6, 6.07) is 8.11. The van der Waals surface area contributed by atoms with E-state index in [9.17, 15) is 0 Å². The summed E-state index contributed by atoms with van der Waals surface area (Å²) in [5.74, 6) is 0. The molecule has 0 aliphatic carbocycles. The van der Waals surface area contributed by atoms with E-state index in [1.54, 1.807) is 0 Å². The van der Waals surface area contributed by atoms with Gasteiger partial charge in [-0.1, -0.05) is 29.8 Å². The summed E-state index contributed by atoms with van der Waals surface area (Å²) in [7, 11) is 0. The van der Waals surface area contributed by atoms with Gasteiger partial charge in [0.2, 0.25) is 0 Å². The molecule has 1 aromatic rings. The molecule has 0 radical (unpaired) electrons. The van der Waals surface area contributed by atoms with Crippen LogP contribution >= 0.6 is 36.4 Å². The predicted octanol–water partition coefficient (Wildman–Crippen LogP) is 2.98. The summed E-state index contributed by atoms with van der Waals surface area (Å²) in [5.41, 5.74) is 1.24. The number of hydrogen-bond donors (Lipinski definition) is 1. The van der Waals surface area contributed by atoms with Crippen LogP contribution in [0.3, 0.4) is 0 Å². The predicted molar refractivity (Wildman–Crippen MR) is 78.7 cm³/mol. The van der Waals surface area contributed by atoms with Crippen molar-refractivity contribution in [3.63, 3.8) is 0 Å². The Labute approximate surface area is 121 Å². The molecule has 5 heteroatoms. The van der Waals surface area contributed by atoms with Crippen molar-refractivity contribution in [2.75, 3.05) is 26.2 Å². The zero-order valence-corrected chi connectivity index (χ0v) is 12.1. The standard InChI is InChI=1S/C12H17ClN2.2ClH/c13-12-5-2-1-4-11(12)10-15-8-3-6-14-7-9-15;;/h1-2,4-5,14H,3,6-10H2;2*1H. The fourth-order valence-electron chi connectivity index (χ4n) is 1.93. The molecule has 0 aromatic heterocycles. The molecule has 2 nitrogen and oxygen atoms in total. The smallest absolute Gasteiger partial charge is 0.0451 e. The second-order valence-corrected chi connectivity index (χ2v) is 4.38. The van der Waals surface area contributed by atoms with Gasteiger partial charge in [0.25, 0.3) is 0 Å². The highest BCUT2D eigenvalue weighted by Crippen LogP contribution is 2.17. The minimum Gasteiger partial charge on any atom is -0.315 e. The Balaban J connectivity index is 0.00000128. The van der Waals surface area contributed by atoms with Crippen molar-refractivity contribution in [1.29, 1.82) is 0 Å². The molecule has 0 bridgehead atoms. The lowest BCUT2D eigenvalue weighted by atomic mass is 10.2. The Morgan fingerprint density at radius 2 is 1.88 bits per heavy atom. The molecular formula is C12H19Cl3N2. The van der Waals surface area contributed by atoms with Crippen LogP contribution in [0.2, 0.25) is 5.02 Å². The number of nitrogens with zero attached hydrogens (tertiary/aromatic N) is 1. The molecule has 1 aliphatic heterocycles. The highest BCUT2D eigenvalue weighted by molar-refractivity contribution is 6.31. The molecule has 0 spiro atoms. The van der Waals surface area contributed by atoms with Gasteiger partial charge in [-0.15, -0.1) is 24.8 Å². The lowest BCUT2D eigenvalue weighted by Gasteiger charge is -2.19. The van der Waals surface area contributed by atoms with Crippen LogP contribution in [0.5, 0.6) is 0 Å². The SMILES string of the molecule is Cl.Cl.Clc1ccccc1CN1CCCNCC1. The van der Waals surface area contributed by atoms with Crippen molar-refractivity contribution in [2.45, 2.75) is 13.0 Å². The third kappa shape index (κ3) is 5.45. The Bertz CT molecular complexity index is 312. The van der Waals surface area contributed by atoms with Gasteiger partial charge in [-0.3, -0.25) is 4.90 Å². The van der Waals surface area contributed by atoms with Crippen LogP contribution in [-0.4, -0.2) is 31.1 Å². The summed E-state index contributed by atoms with van der Waals surface area (Å²) in [6.45, 7) is 5.48. The first-order valence-electron chi connectivity index (χ1n) is 5.53. The first-order valence-corrected chi connectivity index (χ1v) is 5.90. The zero-order chi connectivity index (χ0) is 10.5. The molecule has 1 N–H and O–H groups in total. The van der Waals surface area contributed by atoms with Crippen LogP contribution in [0, 0.1) is 0 Å². The van der Waals surface area contributed by atoms with E-state index in [1.165, 1.54) is 12.0 Å². The van der Waals surface area contributed by atoms with Crippen molar-refractivity contribution < 1.29 is 0 Å². The van der Waals surface area contributed by atoms with Crippen LogP contribution in [-0.2, 0) is 6.54 Å². The Morgan fingerprint density at radius 3 is 2.65 bits per heavy atom. The fraction of sp³-hybridized carbons (Fsp3) is 0.500. The third-order valence-corrected chi connectivity index (χ3v) is 3.15. The van der Waals surface area contributed by atoms with Crippen molar-refractivity contribution in [3.05, 3.63) is 34.9 Å². The molecule has 1 heterocycles. The number of nitrogens with one attached hydrogen (secondary N) is 1. The summed E-state index contributed by atoms with van der Waals surface area (Å²) in [6.07, 6.45) is 1.23. The molecular weight excluding hydrogens is 279 g/mol. The van der Waals surface area contributed by atoms with Gasteiger partial charge in [0, 0.05) is 24.7 Å². The van der Waals surface area contributed by atoms with Gasteiger partial charge >= 0.3 is 0 Å². The molecule has 1 fully saturated rings. The second-order valence-electron chi connectivity index (χ2n) is 3.97. The third-order valence-electron chi connectivity index (χ3n) is 2.78. The summed E-state index contributed by atoms with van der Waals surface area (Å²) < 4.78 is 0. The van der Waals surface area contributed by atoms with E-state index in [-0.39, 0.29) is 24.8 Å². The molecule has 2 rings (SSSR count). The number of benzene rings is 1. The van der Waals surface area contributed by atoms with Crippen LogP contribution in [0.4, 0.5) is 0 Å². The maximum Gasteiger partial charge on any atom is 0.0451 e. The Kier molecular flexibility index (Phi) is 9.01. The van der Waals surface area contributed by atoms with Crippen molar-refractivity contribution in [3.8, 4) is 0 Å². The number of rotatable bonds is 2. The van der Waals surface area contributed by atoms with E-state index in [4.69, 9.17) is 11.6 Å². The van der Waals surface area contributed by atoms with Gasteiger partial charge in [-0.25, -0.2) is 0 Å². The number of halogens is 3. The average Bonchev–Trinajstić information content (AvgIpc) is 2.50. The second kappa shape index (κ2) is 9.01. The topological polar surface area (TPSA) is 15.3 Å². The van der Waals surface area contributed by atoms with E-state index in [1.807, 2.05) is 12.1 Å². The van der Waals surface area contributed by atoms with Crippen LogP contribution < -0.4 is 5.32 Å². The maximum absolute atomic E-state index is 6.14. The lowest BCUT2D eigenvalue weighted by molar-refractivity contribution is 0.284. The molecule has 0 amide bonds. The summed E-state index contributed by atoms with van der Waals surface area (Å²) in [5, 5.41) is 4.29. The highest BCUT2D eigenvalue weighted by atomic mass is 35.5. The average molecular weight is 298 g/mol. The number of hydrogen-bond acceptors (Lipinski definition) is 2. The van der Waals surface area contributed by atoms with E-state index < -0.39 is 0 Å². The van der Waals surface area contributed by atoms with Gasteiger partial charge in [0.05, 0.1) is 0 Å². The molecule has 1 aliphatic rings. The van der Waals surface area contributed by atoms with E-state index in [2.05, 4.69) is 22.3 Å². The van der Waals surface area contributed by atoms with Crippen LogP contribution in [0.1, 0.15) is 12.0 Å². The monoisotopic (exact) mass is 296 g/mol. The molecule has 17 heavy (non-hydrogen) atoms. The summed E-state index contributed by atoms with van der Waals surface area (Å²) in [4.78, 5) is 2.46. The van der Waals surface area contributed by atoms with Gasteiger partial charge in [-0.2, -0.15) is 0 Å². The van der Waals surface area contributed by atoms with Gasteiger partial charge in [-0.05, 0) is 31.1 Å².